The minimum atomic E-state index is -3.94. The number of carbonyl (C=O) groups is 2. The number of nitrogens with one attached hydrogen (secondary N) is 1. The molecule has 33 heavy (non-hydrogen) atoms. The van der Waals surface area contributed by atoms with Crippen molar-refractivity contribution >= 4 is 50.7 Å². The van der Waals surface area contributed by atoms with E-state index in [-0.39, 0.29) is 15.5 Å². The number of nitrogens with zero attached hydrogens (tertiary/aromatic N) is 2. The average Bonchev–Trinajstić information content (AvgIpc) is 3.02. The van der Waals surface area contributed by atoms with Crippen molar-refractivity contribution in [3.05, 3.63) is 52.5 Å². The van der Waals surface area contributed by atoms with Crippen LogP contribution in [0.4, 0.5) is 11.4 Å². The smallest absolute Gasteiger partial charge is 0.338 e. The number of benzene rings is 2. The van der Waals surface area contributed by atoms with Gasteiger partial charge in [-0.1, -0.05) is 24.9 Å². The lowest BCUT2D eigenvalue weighted by molar-refractivity contribution is 0.0505. The number of amidine groups is 1. The normalized spacial score (nSPS) is 16.7. The standard InChI is InChI=1S/C23H24ClN3O5S/c1-2-12-32-23(29)15-7-9-16(10-8-15)25-22(28)17-13-20-19(14-18(17)24)27-11-5-3-4-6-21(27)26-33(20,30)31/h7-10,13-14H,2-6,11-12H2,1H3,(H,25,28). The van der Waals surface area contributed by atoms with Gasteiger partial charge in [-0.15, -0.1) is 4.40 Å². The van der Waals surface area contributed by atoms with Gasteiger partial charge in [0.25, 0.3) is 15.9 Å². The molecular formula is C23H24ClN3O5S. The highest BCUT2D eigenvalue weighted by Gasteiger charge is 2.33. The topological polar surface area (TPSA) is 105 Å². The highest BCUT2D eigenvalue weighted by molar-refractivity contribution is 7.90. The maximum Gasteiger partial charge on any atom is 0.338 e. The summed E-state index contributed by atoms with van der Waals surface area (Å²) in [6, 6.07) is 9.03. The number of hydrogen-bond donors (Lipinski definition) is 1. The predicted octanol–water partition coefficient (Wildman–Crippen LogP) is 4.64. The summed E-state index contributed by atoms with van der Waals surface area (Å²) in [6.07, 6.45) is 4.10. The monoisotopic (exact) mass is 489 g/mol. The van der Waals surface area contributed by atoms with Gasteiger partial charge in [0.1, 0.15) is 10.7 Å². The Kier molecular flexibility index (Phi) is 6.71. The lowest BCUT2D eigenvalue weighted by Crippen LogP contribution is -2.35. The lowest BCUT2D eigenvalue weighted by atomic mass is 10.1. The quantitative estimate of drug-likeness (QED) is 0.613. The molecule has 10 heteroatoms. The highest BCUT2D eigenvalue weighted by atomic mass is 35.5. The lowest BCUT2D eigenvalue weighted by Gasteiger charge is -2.30. The van der Waals surface area contributed by atoms with Gasteiger partial charge in [0.05, 0.1) is 28.4 Å². The molecule has 0 aromatic heterocycles. The van der Waals surface area contributed by atoms with E-state index < -0.39 is 21.9 Å². The third-order valence-corrected chi connectivity index (χ3v) is 7.14. The van der Waals surface area contributed by atoms with Crippen LogP contribution in [-0.2, 0) is 14.8 Å². The maximum absolute atomic E-state index is 12.9. The van der Waals surface area contributed by atoms with Crippen LogP contribution in [0.2, 0.25) is 5.02 Å². The van der Waals surface area contributed by atoms with E-state index in [1.807, 2.05) is 11.8 Å². The number of carbonyl (C=O) groups excluding carboxylic acids is 2. The maximum atomic E-state index is 12.9. The van der Waals surface area contributed by atoms with Crippen LogP contribution >= 0.6 is 11.6 Å². The molecule has 4 rings (SSSR count). The van der Waals surface area contributed by atoms with E-state index in [2.05, 4.69) is 9.71 Å². The van der Waals surface area contributed by atoms with E-state index in [1.165, 1.54) is 12.1 Å². The summed E-state index contributed by atoms with van der Waals surface area (Å²) in [5.41, 5.74) is 1.28. The zero-order valence-electron chi connectivity index (χ0n) is 18.1. The molecule has 0 saturated carbocycles. The minimum absolute atomic E-state index is 0.0268. The molecule has 174 valence electrons. The van der Waals surface area contributed by atoms with Gasteiger partial charge in [-0.05, 0) is 55.7 Å². The predicted molar refractivity (Wildman–Crippen MR) is 127 cm³/mol. The molecule has 2 heterocycles. The Labute approximate surface area is 197 Å². The molecule has 0 bridgehead atoms. The second kappa shape index (κ2) is 9.52. The summed E-state index contributed by atoms with van der Waals surface area (Å²) in [7, 11) is -3.94. The number of ether oxygens (including phenoxy) is 1. The molecule has 1 saturated heterocycles. The Morgan fingerprint density at radius 1 is 1.15 bits per heavy atom. The second-order valence-corrected chi connectivity index (χ2v) is 9.89. The number of amides is 1. The molecule has 2 aromatic rings. The first-order valence-electron chi connectivity index (χ1n) is 10.8. The van der Waals surface area contributed by atoms with Crippen LogP contribution < -0.4 is 10.2 Å². The highest BCUT2D eigenvalue weighted by Crippen LogP contribution is 2.38. The Balaban J connectivity index is 1.59. The summed E-state index contributed by atoms with van der Waals surface area (Å²) >= 11 is 6.42. The van der Waals surface area contributed by atoms with Gasteiger partial charge in [-0.25, -0.2) is 4.79 Å². The van der Waals surface area contributed by atoms with Crippen molar-refractivity contribution in [3.8, 4) is 0 Å². The molecular weight excluding hydrogens is 466 g/mol. The molecule has 1 fully saturated rings. The third kappa shape index (κ3) is 4.89. The van der Waals surface area contributed by atoms with E-state index in [0.29, 0.717) is 42.3 Å². The van der Waals surface area contributed by atoms with Gasteiger partial charge in [0, 0.05) is 18.7 Å². The molecule has 2 aliphatic rings. The first-order chi connectivity index (χ1) is 15.8. The zero-order valence-corrected chi connectivity index (χ0v) is 19.7. The van der Waals surface area contributed by atoms with E-state index in [9.17, 15) is 18.0 Å². The molecule has 0 unspecified atom stereocenters. The molecule has 2 aromatic carbocycles. The number of anilines is 2. The fourth-order valence-electron chi connectivity index (χ4n) is 3.84. The van der Waals surface area contributed by atoms with Crippen molar-refractivity contribution in [2.75, 3.05) is 23.4 Å². The van der Waals surface area contributed by atoms with Gasteiger partial charge in [-0.3, -0.25) is 4.79 Å². The minimum Gasteiger partial charge on any atom is -0.462 e. The van der Waals surface area contributed by atoms with Crippen LogP contribution in [0.25, 0.3) is 0 Å². The van der Waals surface area contributed by atoms with Crippen LogP contribution in [0.3, 0.4) is 0 Å². The molecule has 1 N–H and O–H groups in total. The average molecular weight is 490 g/mol. The van der Waals surface area contributed by atoms with Crippen molar-refractivity contribution in [1.29, 1.82) is 0 Å². The number of sulfonamides is 1. The van der Waals surface area contributed by atoms with E-state index in [0.717, 1.165) is 25.7 Å². The van der Waals surface area contributed by atoms with Crippen LogP contribution in [0, 0.1) is 0 Å². The summed E-state index contributed by atoms with van der Waals surface area (Å²) in [4.78, 5) is 26.7. The molecule has 8 nitrogen and oxygen atoms in total. The van der Waals surface area contributed by atoms with Gasteiger partial charge < -0.3 is 15.0 Å². The molecule has 0 aliphatic carbocycles. The van der Waals surface area contributed by atoms with Crippen molar-refractivity contribution in [1.82, 2.24) is 0 Å². The Hall–Kier alpha value is -2.91. The van der Waals surface area contributed by atoms with E-state index in [1.54, 1.807) is 24.3 Å². The van der Waals surface area contributed by atoms with Crippen LogP contribution in [0.1, 0.15) is 59.7 Å². The first kappa shape index (κ1) is 23.3. The van der Waals surface area contributed by atoms with Gasteiger partial charge >= 0.3 is 5.97 Å². The molecule has 1 amide bonds. The number of hydrogen-bond acceptors (Lipinski definition) is 6. The molecule has 0 radical (unpaired) electrons. The number of rotatable bonds is 5. The summed E-state index contributed by atoms with van der Waals surface area (Å²) in [5.74, 6) is -0.484. The summed E-state index contributed by atoms with van der Waals surface area (Å²) in [5, 5.41) is 2.83. The first-order valence-corrected chi connectivity index (χ1v) is 12.7. The SMILES string of the molecule is CCCOC(=O)c1ccc(NC(=O)c2cc3c(cc2Cl)N2CCCCCC2=NS3(=O)=O)cc1. The van der Waals surface area contributed by atoms with Gasteiger partial charge in [-0.2, -0.15) is 8.42 Å². The second-order valence-electron chi connectivity index (χ2n) is 7.91. The third-order valence-electron chi connectivity index (χ3n) is 5.50. The fourth-order valence-corrected chi connectivity index (χ4v) is 5.35. The van der Waals surface area contributed by atoms with Crippen LogP contribution in [0.15, 0.2) is 45.7 Å². The summed E-state index contributed by atoms with van der Waals surface area (Å²) < 4.78 is 34.7. The zero-order chi connectivity index (χ0) is 23.6. The van der Waals surface area contributed by atoms with Crippen LogP contribution in [-0.4, -0.2) is 39.3 Å². The Morgan fingerprint density at radius 3 is 2.64 bits per heavy atom. The number of halogens is 1. The van der Waals surface area contributed by atoms with Crippen molar-refractivity contribution in [2.24, 2.45) is 4.40 Å². The Bertz CT molecular complexity index is 1230. The van der Waals surface area contributed by atoms with Gasteiger partial charge in [0.15, 0.2) is 0 Å². The van der Waals surface area contributed by atoms with Gasteiger partial charge in [0.2, 0.25) is 0 Å². The Morgan fingerprint density at radius 2 is 1.91 bits per heavy atom. The summed E-state index contributed by atoms with van der Waals surface area (Å²) in [6.45, 7) is 2.89. The van der Waals surface area contributed by atoms with E-state index in [4.69, 9.17) is 16.3 Å². The van der Waals surface area contributed by atoms with E-state index >= 15 is 0 Å². The van der Waals surface area contributed by atoms with Crippen molar-refractivity contribution < 1.29 is 22.7 Å². The molecule has 0 atom stereocenters. The fraction of sp³-hybridized carbons (Fsp3) is 0.348. The molecule has 2 aliphatic heterocycles. The number of esters is 1. The van der Waals surface area contributed by atoms with Crippen molar-refractivity contribution in [2.45, 2.75) is 43.9 Å². The van der Waals surface area contributed by atoms with Crippen molar-refractivity contribution in [3.63, 3.8) is 0 Å². The largest absolute Gasteiger partial charge is 0.462 e. The number of fused-ring (bicyclic) bond motifs is 3. The molecule has 0 spiro atoms. The van der Waals surface area contributed by atoms with Crippen LogP contribution in [0.5, 0.6) is 0 Å².